The first-order chi connectivity index (χ1) is 10.8. The van der Waals surface area contributed by atoms with Crippen molar-refractivity contribution in [1.29, 1.82) is 0 Å². The van der Waals surface area contributed by atoms with Gasteiger partial charge in [0.1, 0.15) is 5.01 Å². The molecule has 1 aliphatic heterocycles. The number of fused-ring (bicyclic) bond motifs is 1. The second-order valence-electron chi connectivity index (χ2n) is 5.29. The van der Waals surface area contributed by atoms with Crippen LogP contribution in [0.2, 0.25) is 0 Å². The van der Waals surface area contributed by atoms with Gasteiger partial charge in [0.15, 0.2) is 5.82 Å². The van der Waals surface area contributed by atoms with Crippen LogP contribution in [0, 0.1) is 6.92 Å². The molecule has 3 aromatic heterocycles. The van der Waals surface area contributed by atoms with Crippen LogP contribution < -0.4 is 0 Å². The van der Waals surface area contributed by atoms with Gasteiger partial charge in [0.25, 0.3) is 0 Å². The molecule has 1 aliphatic rings. The number of pyridine rings is 1. The summed E-state index contributed by atoms with van der Waals surface area (Å²) in [6, 6.07) is 4.03. The van der Waals surface area contributed by atoms with Crippen molar-refractivity contribution < 1.29 is 4.74 Å². The third-order valence-electron chi connectivity index (χ3n) is 3.68. The van der Waals surface area contributed by atoms with Crippen LogP contribution >= 0.6 is 11.3 Å². The second kappa shape index (κ2) is 5.71. The topological polar surface area (TPSA) is 68.4 Å². The smallest absolute Gasteiger partial charge is 0.235 e. The van der Waals surface area contributed by atoms with Crippen LogP contribution in [0.1, 0.15) is 11.5 Å². The van der Waals surface area contributed by atoms with Crippen molar-refractivity contribution in [2.45, 2.75) is 13.5 Å². The van der Waals surface area contributed by atoms with Gasteiger partial charge in [0, 0.05) is 30.5 Å². The van der Waals surface area contributed by atoms with Crippen LogP contribution in [0.25, 0.3) is 15.5 Å². The molecular weight excluding hydrogens is 300 g/mol. The first-order valence-electron chi connectivity index (χ1n) is 7.24. The number of aryl methyl sites for hydroxylation is 1. The summed E-state index contributed by atoms with van der Waals surface area (Å²) in [7, 11) is 0. The molecule has 0 amide bonds. The highest BCUT2D eigenvalue weighted by atomic mass is 32.1. The van der Waals surface area contributed by atoms with Crippen LogP contribution in [0.3, 0.4) is 0 Å². The molecule has 1 fully saturated rings. The van der Waals surface area contributed by atoms with Gasteiger partial charge in [0.2, 0.25) is 4.96 Å². The quantitative estimate of drug-likeness (QED) is 0.727. The SMILES string of the molecule is Cc1ccc(-c2nn3c(CN4CCOCC4)nnc3s2)cn1. The average Bonchev–Trinajstić information content (AvgIpc) is 3.11. The first kappa shape index (κ1) is 13.7. The van der Waals surface area contributed by atoms with Gasteiger partial charge < -0.3 is 4.74 Å². The average molecular weight is 316 g/mol. The molecule has 7 nitrogen and oxygen atoms in total. The van der Waals surface area contributed by atoms with Crippen LogP contribution in [0.15, 0.2) is 18.3 Å². The Hall–Kier alpha value is -1.90. The lowest BCUT2D eigenvalue weighted by molar-refractivity contribution is 0.0328. The van der Waals surface area contributed by atoms with E-state index in [1.807, 2.05) is 29.8 Å². The molecule has 22 heavy (non-hydrogen) atoms. The summed E-state index contributed by atoms with van der Waals surface area (Å²) in [6.45, 7) is 6.13. The number of hydrogen-bond donors (Lipinski definition) is 0. The number of rotatable bonds is 3. The molecular formula is C14H16N6OS. The maximum Gasteiger partial charge on any atom is 0.235 e. The van der Waals surface area contributed by atoms with Gasteiger partial charge in [-0.3, -0.25) is 9.88 Å². The minimum Gasteiger partial charge on any atom is -0.379 e. The summed E-state index contributed by atoms with van der Waals surface area (Å²) >= 11 is 1.53. The molecule has 0 atom stereocenters. The molecule has 0 aromatic carbocycles. The predicted molar refractivity (Wildman–Crippen MR) is 82.7 cm³/mol. The minimum absolute atomic E-state index is 0.750. The van der Waals surface area contributed by atoms with E-state index in [4.69, 9.17) is 4.74 Å². The maximum atomic E-state index is 5.37. The van der Waals surface area contributed by atoms with Gasteiger partial charge in [0.05, 0.1) is 19.8 Å². The van der Waals surface area contributed by atoms with Gasteiger partial charge in [-0.2, -0.15) is 9.61 Å². The van der Waals surface area contributed by atoms with E-state index in [-0.39, 0.29) is 0 Å². The monoisotopic (exact) mass is 316 g/mol. The molecule has 0 radical (unpaired) electrons. The summed E-state index contributed by atoms with van der Waals surface area (Å²) < 4.78 is 7.22. The van der Waals surface area contributed by atoms with Gasteiger partial charge in [-0.05, 0) is 19.1 Å². The van der Waals surface area contributed by atoms with E-state index in [1.54, 1.807) is 0 Å². The normalized spacial score (nSPS) is 16.4. The largest absolute Gasteiger partial charge is 0.379 e. The van der Waals surface area contributed by atoms with E-state index in [1.165, 1.54) is 11.3 Å². The highest BCUT2D eigenvalue weighted by Crippen LogP contribution is 2.25. The molecule has 4 heterocycles. The van der Waals surface area contributed by atoms with Crippen LogP contribution in [0.5, 0.6) is 0 Å². The van der Waals surface area contributed by atoms with Crippen molar-refractivity contribution in [3.05, 3.63) is 29.8 Å². The summed E-state index contributed by atoms with van der Waals surface area (Å²) in [5.74, 6) is 0.875. The Kier molecular flexibility index (Phi) is 3.57. The fourth-order valence-corrected chi connectivity index (χ4v) is 3.27. The molecule has 0 unspecified atom stereocenters. The summed E-state index contributed by atoms with van der Waals surface area (Å²) in [5, 5.41) is 14.1. The van der Waals surface area contributed by atoms with Crippen molar-refractivity contribution in [2.75, 3.05) is 26.3 Å². The third-order valence-corrected chi connectivity index (χ3v) is 4.63. The number of hydrogen-bond acceptors (Lipinski definition) is 7. The molecule has 0 N–H and O–H groups in total. The number of nitrogens with zero attached hydrogens (tertiary/aromatic N) is 6. The van der Waals surface area contributed by atoms with E-state index in [9.17, 15) is 0 Å². The molecule has 1 saturated heterocycles. The Morgan fingerprint density at radius 1 is 1.23 bits per heavy atom. The first-order valence-corrected chi connectivity index (χ1v) is 8.05. The summed E-state index contributed by atoms with van der Waals surface area (Å²) in [5.41, 5.74) is 2.01. The van der Waals surface area contributed by atoms with Gasteiger partial charge in [-0.15, -0.1) is 10.2 Å². The van der Waals surface area contributed by atoms with Crippen molar-refractivity contribution in [1.82, 2.24) is 29.7 Å². The summed E-state index contributed by atoms with van der Waals surface area (Å²) in [6.07, 6.45) is 1.85. The maximum absolute atomic E-state index is 5.37. The lowest BCUT2D eigenvalue weighted by Crippen LogP contribution is -2.36. The summed E-state index contributed by atoms with van der Waals surface area (Å²) in [4.78, 5) is 7.46. The zero-order valence-corrected chi connectivity index (χ0v) is 13.1. The molecule has 0 saturated carbocycles. The lowest BCUT2D eigenvalue weighted by atomic mass is 10.3. The van der Waals surface area contributed by atoms with Gasteiger partial charge in [-0.1, -0.05) is 11.3 Å². The van der Waals surface area contributed by atoms with Crippen LogP contribution in [-0.4, -0.2) is 56.0 Å². The van der Waals surface area contributed by atoms with Crippen molar-refractivity contribution in [3.63, 3.8) is 0 Å². The van der Waals surface area contributed by atoms with E-state index < -0.39 is 0 Å². The molecule has 3 aromatic rings. The minimum atomic E-state index is 0.750. The molecule has 0 bridgehead atoms. The lowest BCUT2D eigenvalue weighted by Gasteiger charge is -2.25. The predicted octanol–water partition coefficient (Wildman–Crippen LogP) is 1.39. The number of aromatic nitrogens is 5. The molecule has 0 aliphatic carbocycles. The molecule has 8 heteroatoms. The highest BCUT2D eigenvalue weighted by Gasteiger charge is 2.17. The van der Waals surface area contributed by atoms with Crippen LogP contribution in [-0.2, 0) is 11.3 Å². The standard InChI is InChI=1S/C14H16N6OS/c1-10-2-3-11(8-15-10)13-18-20-12(16-17-14(20)22-13)9-19-4-6-21-7-5-19/h2-3,8H,4-7,9H2,1H3. The van der Waals surface area contributed by atoms with E-state index in [0.29, 0.717) is 0 Å². The Morgan fingerprint density at radius 2 is 2.09 bits per heavy atom. The van der Waals surface area contributed by atoms with Gasteiger partial charge >= 0.3 is 0 Å². The zero-order valence-electron chi connectivity index (χ0n) is 12.3. The number of ether oxygens (including phenoxy) is 1. The fourth-order valence-electron chi connectivity index (χ4n) is 2.43. The Morgan fingerprint density at radius 3 is 2.86 bits per heavy atom. The molecule has 4 rings (SSSR count). The van der Waals surface area contributed by atoms with E-state index in [2.05, 4.69) is 25.2 Å². The number of morpholine rings is 1. The Labute approximate surface area is 131 Å². The molecule has 0 spiro atoms. The van der Waals surface area contributed by atoms with Crippen molar-refractivity contribution >= 4 is 16.3 Å². The van der Waals surface area contributed by atoms with Gasteiger partial charge in [-0.25, -0.2) is 0 Å². The van der Waals surface area contributed by atoms with Crippen molar-refractivity contribution in [3.8, 4) is 10.6 Å². The highest BCUT2D eigenvalue weighted by molar-refractivity contribution is 7.19. The van der Waals surface area contributed by atoms with E-state index >= 15 is 0 Å². The van der Waals surface area contributed by atoms with Crippen molar-refractivity contribution in [2.24, 2.45) is 0 Å². The third kappa shape index (κ3) is 2.60. The Balaban J connectivity index is 1.62. The van der Waals surface area contributed by atoms with Crippen LogP contribution in [0.4, 0.5) is 0 Å². The zero-order chi connectivity index (χ0) is 14.9. The molecule has 114 valence electrons. The van der Waals surface area contributed by atoms with E-state index in [0.717, 1.165) is 59.9 Å². The second-order valence-corrected chi connectivity index (χ2v) is 6.25. The fraction of sp³-hybridized carbons (Fsp3) is 0.429. The Bertz CT molecular complexity index is 774.